The second-order valence-electron chi connectivity index (χ2n) is 9.08. The van der Waals surface area contributed by atoms with Crippen molar-refractivity contribution in [3.05, 3.63) is 90.0 Å². The van der Waals surface area contributed by atoms with Crippen LogP contribution in [0.15, 0.2) is 88.9 Å². The molecule has 0 spiro atoms. The van der Waals surface area contributed by atoms with Crippen LogP contribution in [-0.2, 0) is 16.6 Å². The number of nitrogens with one attached hydrogen (secondary N) is 1. The summed E-state index contributed by atoms with van der Waals surface area (Å²) in [5, 5.41) is 4.23. The van der Waals surface area contributed by atoms with Crippen molar-refractivity contribution in [1.29, 1.82) is 0 Å². The minimum Gasteiger partial charge on any atom is -0.497 e. The molecule has 35 heavy (non-hydrogen) atoms. The second-order valence-corrected chi connectivity index (χ2v) is 10.9. The number of carbonyl (C=O) groups excluding carboxylic acids is 1. The van der Waals surface area contributed by atoms with Gasteiger partial charge in [-0.3, -0.25) is 9.10 Å². The van der Waals surface area contributed by atoms with Crippen molar-refractivity contribution < 1.29 is 17.9 Å². The summed E-state index contributed by atoms with van der Waals surface area (Å²) in [6, 6.07) is 22.0. The van der Waals surface area contributed by atoms with Gasteiger partial charge < -0.3 is 4.74 Å². The van der Waals surface area contributed by atoms with Crippen molar-refractivity contribution in [2.45, 2.75) is 39.1 Å². The van der Waals surface area contributed by atoms with E-state index in [2.05, 4.69) is 10.5 Å². The van der Waals surface area contributed by atoms with Gasteiger partial charge in [-0.15, -0.1) is 0 Å². The lowest BCUT2D eigenvalue weighted by atomic mass is 9.91. The molecule has 1 N–H and O–H groups in total. The molecule has 0 unspecified atom stereocenters. The lowest BCUT2D eigenvalue weighted by Gasteiger charge is -2.26. The van der Waals surface area contributed by atoms with Crippen LogP contribution in [0.1, 0.15) is 43.6 Å². The predicted molar refractivity (Wildman–Crippen MR) is 139 cm³/mol. The second kappa shape index (κ2) is 10.7. The summed E-state index contributed by atoms with van der Waals surface area (Å²) < 4.78 is 34.1. The van der Waals surface area contributed by atoms with Gasteiger partial charge in [0.05, 0.1) is 29.8 Å². The van der Waals surface area contributed by atoms with E-state index in [0.717, 1.165) is 11.3 Å². The zero-order valence-electron chi connectivity index (χ0n) is 20.6. The van der Waals surface area contributed by atoms with Crippen molar-refractivity contribution in [2.24, 2.45) is 10.5 Å². The van der Waals surface area contributed by atoms with Gasteiger partial charge in [-0.1, -0.05) is 63.2 Å². The molecule has 3 aromatic rings. The van der Waals surface area contributed by atoms with Crippen molar-refractivity contribution in [2.75, 3.05) is 11.4 Å². The monoisotopic (exact) mass is 493 g/mol. The third kappa shape index (κ3) is 6.27. The number of rotatable bonds is 8. The Bertz CT molecular complexity index is 1300. The molecule has 3 aromatic carbocycles. The highest BCUT2D eigenvalue weighted by atomic mass is 32.2. The van der Waals surface area contributed by atoms with E-state index >= 15 is 0 Å². The molecule has 8 heteroatoms. The standard InChI is InChI=1S/C27H31N3O4S/c1-20(27(2,3)4)28-29-26(31)24-13-9-10-14-25(24)30(19-21-11-7-6-8-12-21)35(32,33)23-17-15-22(34-5)16-18-23/h6-18H,19H2,1-5H3,(H,29,31). The predicted octanol–water partition coefficient (Wildman–Crippen LogP) is 5.24. The van der Waals surface area contributed by atoms with Gasteiger partial charge in [-0.25, -0.2) is 13.8 Å². The molecule has 1 amide bonds. The van der Waals surface area contributed by atoms with Crippen LogP contribution in [0, 0.1) is 5.41 Å². The van der Waals surface area contributed by atoms with Gasteiger partial charge in [0.25, 0.3) is 15.9 Å². The molecule has 7 nitrogen and oxygen atoms in total. The maximum Gasteiger partial charge on any atom is 0.273 e. The number of anilines is 1. The van der Waals surface area contributed by atoms with E-state index < -0.39 is 15.9 Å². The van der Waals surface area contributed by atoms with E-state index in [-0.39, 0.29) is 28.1 Å². The number of amides is 1. The SMILES string of the molecule is COc1ccc(S(=O)(=O)N(Cc2ccccc2)c2ccccc2C(=O)NN=C(C)C(C)(C)C)cc1. The third-order valence-corrected chi connectivity index (χ3v) is 7.42. The molecule has 0 heterocycles. The van der Waals surface area contributed by atoms with Gasteiger partial charge in [0.15, 0.2) is 0 Å². The fourth-order valence-electron chi connectivity index (χ4n) is 3.17. The maximum atomic E-state index is 13.8. The Balaban J connectivity index is 2.08. The molecular formula is C27H31N3O4S. The van der Waals surface area contributed by atoms with Crippen molar-refractivity contribution >= 4 is 27.3 Å². The Morgan fingerprint density at radius 3 is 2.14 bits per heavy atom. The Hall–Kier alpha value is -3.65. The van der Waals surface area contributed by atoms with Crippen molar-refractivity contribution in [3.8, 4) is 5.75 Å². The van der Waals surface area contributed by atoms with E-state index in [9.17, 15) is 13.2 Å². The Morgan fingerprint density at radius 2 is 1.54 bits per heavy atom. The molecule has 0 aliphatic rings. The van der Waals surface area contributed by atoms with Gasteiger partial charge in [0, 0.05) is 11.1 Å². The Labute approximate surface area is 207 Å². The highest BCUT2D eigenvalue weighted by molar-refractivity contribution is 7.92. The first kappa shape index (κ1) is 26.0. The number of nitrogens with zero attached hydrogens (tertiary/aromatic N) is 2. The van der Waals surface area contributed by atoms with Crippen LogP contribution in [0.25, 0.3) is 0 Å². The van der Waals surface area contributed by atoms with Gasteiger partial charge in [-0.05, 0) is 48.9 Å². The molecule has 0 bridgehead atoms. The number of hydrazone groups is 1. The Kier molecular flexibility index (Phi) is 7.96. The number of hydrogen-bond donors (Lipinski definition) is 1. The third-order valence-electron chi connectivity index (χ3n) is 5.64. The highest BCUT2D eigenvalue weighted by Crippen LogP contribution is 2.30. The summed E-state index contributed by atoms with van der Waals surface area (Å²) in [5.74, 6) is 0.0533. The van der Waals surface area contributed by atoms with E-state index in [1.165, 1.54) is 23.5 Å². The molecule has 0 atom stereocenters. The van der Waals surface area contributed by atoms with Crippen LogP contribution in [0.4, 0.5) is 5.69 Å². The van der Waals surface area contributed by atoms with Crippen LogP contribution in [0.2, 0.25) is 0 Å². The Morgan fingerprint density at radius 1 is 0.943 bits per heavy atom. The number of sulfonamides is 1. The zero-order chi connectivity index (χ0) is 25.6. The summed E-state index contributed by atoms with van der Waals surface area (Å²) in [7, 11) is -2.51. The molecule has 0 radical (unpaired) electrons. The molecule has 0 fully saturated rings. The largest absolute Gasteiger partial charge is 0.497 e. The molecular weight excluding hydrogens is 462 g/mol. The van der Waals surface area contributed by atoms with E-state index in [1.807, 2.05) is 58.0 Å². The molecule has 0 aromatic heterocycles. The maximum absolute atomic E-state index is 13.8. The van der Waals surface area contributed by atoms with Crippen LogP contribution in [-0.4, -0.2) is 27.1 Å². The average molecular weight is 494 g/mol. The first-order valence-corrected chi connectivity index (χ1v) is 12.6. The van der Waals surface area contributed by atoms with Gasteiger partial charge in [0.1, 0.15) is 5.75 Å². The zero-order valence-corrected chi connectivity index (χ0v) is 21.5. The molecule has 0 aliphatic carbocycles. The molecule has 0 aliphatic heterocycles. The molecule has 0 saturated carbocycles. The van der Waals surface area contributed by atoms with Gasteiger partial charge in [0.2, 0.25) is 0 Å². The summed E-state index contributed by atoms with van der Waals surface area (Å²) in [6.07, 6.45) is 0. The van der Waals surface area contributed by atoms with Crippen LogP contribution >= 0.6 is 0 Å². The molecule has 3 rings (SSSR count). The highest BCUT2D eigenvalue weighted by Gasteiger charge is 2.29. The van der Waals surface area contributed by atoms with Crippen molar-refractivity contribution in [1.82, 2.24) is 5.43 Å². The van der Waals surface area contributed by atoms with E-state index in [1.54, 1.807) is 36.4 Å². The lowest BCUT2D eigenvalue weighted by molar-refractivity contribution is 0.0955. The number of ether oxygens (including phenoxy) is 1. The van der Waals surface area contributed by atoms with E-state index in [4.69, 9.17) is 4.74 Å². The van der Waals surface area contributed by atoms with E-state index in [0.29, 0.717) is 5.75 Å². The fraction of sp³-hybridized carbons (Fsp3) is 0.259. The quantitative estimate of drug-likeness (QED) is 0.343. The summed E-state index contributed by atoms with van der Waals surface area (Å²) in [5.41, 5.74) is 4.35. The average Bonchev–Trinajstić information content (AvgIpc) is 2.85. The van der Waals surface area contributed by atoms with Crippen LogP contribution in [0.3, 0.4) is 0 Å². The minimum atomic E-state index is -4.03. The smallest absolute Gasteiger partial charge is 0.273 e. The molecule has 0 saturated heterocycles. The van der Waals surface area contributed by atoms with Crippen LogP contribution in [0.5, 0.6) is 5.75 Å². The topological polar surface area (TPSA) is 88.1 Å². The van der Waals surface area contributed by atoms with Gasteiger partial charge >= 0.3 is 0 Å². The number of methoxy groups -OCH3 is 1. The number of carbonyl (C=O) groups is 1. The molecule has 184 valence electrons. The summed E-state index contributed by atoms with van der Waals surface area (Å²) >= 11 is 0. The minimum absolute atomic E-state index is 0.0454. The van der Waals surface area contributed by atoms with Gasteiger partial charge in [-0.2, -0.15) is 5.10 Å². The lowest BCUT2D eigenvalue weighted by Crippen LogP contribution is -2.33. The summed E-state index contributed by atoms with van der Waals surface area (Å²) in [6.45, 7) is 7.87. The number of benzene rings is 3. The van der Waals surface area contributed by atoms with Crippen LogP contribution < -0.4 is 14.5 Å². The normalized spacial score (nSPS) is 12.2. The number of hydrogen-bond acceptors (Lipinski definition) is 5. The fourth-order valence-corrected chi connectivity index (χ4v) is 4.64. The number of para-hydroxylation sites is 1. The summed E-state index contributed by atoms with van der Waals surface area (Å²) in [4.78, 5) is 13.2. The first-order valence-electron chi connectivity index (χ1n) is 11.2. The van der Waals surface area contributed by atoms with Crippen molar-refractivity contribution in [3.63, 3.8) is 0 Å². The first-order chi connectivity index (χ1) is 16.5.